The van der Waals surface area contributed by atoms with Gasteiger partial charge in [-0.05, 0) is 19.3 Å². The highest BCUT2D eigenvalue weighted by Crippen LogP contribution is 2.33. The zero-order chi connectivity index (χ0) is 64.0. The molecule has 17 atom stereocenters. The van der Waals surface area contributed by atoms with Gasteiger partial charge in [0.15, 0.2) is 18.9 Å². The lowest BCUT2D eigenvalue weighted by molar-refractivity contribution is -0.379. The van der Waals surface area contributed by atoms with Gasteiger partial charge in [-0.1, -0.05) is 276 Å². The van der Waals surface area contributed by atoms with E-state index >= 15 is 0 Å². The summed E-state index contributed by atoms with van der Waals surface area (Å²) in [6.45, 7) is 1.75. The van der Waals surface area contributed by atoms with E-state index in [1.807, 2.05) is 6.08 Å². The average molecular weight is 1260 g/mol. The maximum absolute atomic E-state index is 13.4. The van der Waals surface area contributed by atoms with Gasteiger partial charge in [0.1, 0.15) is 73.2 Å². The topological polar surface area (TPSA) is 307 Å². The number of unbranched alkanes of at least 4 members (excludes halogenated alkanes) is 40. The smallest absolute Gasteiger partial charge is 0.220 e. The molecule has 0 aromatic carbocycles. The lowest BCUT2D eigenvalue weighted by Crippen LogP contribution is -2.66. The Morgan fingerprint density at radius 1 is 0.398 bits per heavy atom. The van der Waals surface area contributed by atoms with Crippen molar-refractivity contribution >= 4 is 5.91 Å². The first-order chi connectivity index (χ1) is 42.8. The lowest BCUT2D eigenvalue weighted by atomic mass is 9.96. The van der Waals surface area contributed by atoms with E-state index in [-0.39, 0.29) is 18.9 Å². The van der Waals surface area contributed by atoms with Gasteiger partial charge >= 0.3 is 0 Å². The van der Waals surface area contributed by atoms with Crippen molar-refractivity contribution in [2.45, 2.75) is 394 Å². The number of carbonyl (C=O) groups is 1. The highest BCUT2D eigenvalue weighted by Gasteiger charge is 2.53. The van der Waals surface area contributed by atoms with Gasteiger partial charge < -0.3 is 89.9 Å². The second-order valence-corrected chi connectivity index (χ2v) is 26.1. The van der Waals surface area contributed by atoms with Crippen LogP contribution in [0.25, 0.3) is 0 Å². The number of amides is 1. The third-order valence-corrected chi connectivity index (χ3v) is 18.3. The standard InChI is InChI=1S/C69H131NO18/c1-3-5-7-9-11-13-15-17-18-19-20-21-22-23-24-25-26-27-28-29-30-31-32-33-34-35-37-39-41-43-45-47-57(75)70-52(53(74)46-44-42-40-38-36-16-14-12-10-8-6-4-2)51-83-67-63(81)60(78)65(55(49-72)85-67)88-69-64(82)61(79)66(56(50-73)86-69)87-68-62(80)59(77)58(76)54(48-71)84-68/h44,46,52-56,58-69,71-74,76-82H,3-43,45,47-51H2,1-2H3,(H,70,75)/b46-44+. The molecule has 0 aliphatic carbocycles. The van der Waals surface area contributed by atoms with Gasteiger partial charge in [0.25, 0.3) is 0 Å². The number of allylic oxidation sites excluding steroid dienone is 1. The Balaban J connectivity index is 1.35. The third kappa shape index (κ3) is 33.6. The van der Waals surface area contributed by atoms with Crippen LogP contribution in [-0.4, -0.2) is 193 Å². The van der Waals surface area contributed by atoms with E-state index in [0.29, 0.717) is 6.42 Å². The van der Waals surface area contributed by atoms with Crippen molar-refractivity contribution in [2.75, 3.05) is 26.4 Å². The minimum atomic E-state index is -1.98. The predicted octanol–water partition coefficient (Wildman–Crippen LogP) is 9.67. The van der Waals surface area contributed by atoms with Crippen LogP contribution >= 0.6 is 0 Å². The Morgan fingerprint density at radius 3 is 1.07 bits per heavy atom. The molecule has 3 aliphatic rings. The van der Waals surface area contributed by atoms with E-state index < -0.39 is 124 Å². The van der Waals surface area contributed by atoms with Gasteiger partial charge in [0.2, 0.25) is 5.91 Å². The monoisotopic (exact) mass is 1260 g/mol. The first-order valence-corrected chi connectivity index (χ1v) is 35.9. The van der Waals surface area contributed by atoms with Crippen LogP contribution in [0, 0.1) is 0 Å². The van der Waals surface area contributed by atoms with E-state index in [0.717, 1.165) is 44.9 Å². The summed E-state index contributed by atoms with van der Waals surface area (Å²) in [7, 11) is 0. The van der Waals surface area contributed by atoms with Gasteiger partial charge in [-0.3, -0.25) is 4.79 Å². The van der Waals surface area contributed by atoms with Crippen molar-refractivity contribution in [2.24, 2.45) is 0 Å². The second-order valence-electron chi connectivity index (χ2n) is 26.1. The molecule has 0 radical (unpaired) electrons. The number of aliphatic hydroxyl groups is 11. The summed E-state index contributed by atoms with van der Waals surface area (Å²) in [5.74, 6) is -0.270. The van der Waals surface area contributed by atoms with E-state index in [1.54, 1.807) is 6.08 Å². The van der Waals surface area contributed by atoms with Crippen molar-refractivity contribution in [1.29, 1.82) is 0 Å². The van der Waals surface area contributed by atoms with Crippen molar-refractivity contribution in [3.63, 3.8) is 0 Å². The van der Waals surface area contributed by atoms with Crippen LogP contribution in [0.2, 0.25) is 0 Å². The Bertz CT molecular complexity index is 1650. The number of ether oxygens (including phenoxy) is 6. The minimum Gasteiger partial charge on any atom is -0.394 e. The lowest BCUT2D eigenvalue weighted by Gasteiger charge is -2.48. The molecule has 0 aromatic rings. The normalized spacial score (nSPS) is 28.4. The van der Waals surface area contributed by atoms with Crippen LogP contribution in [-0.2, 0) is 33.2 Å². The maximum atomic E-state index is 13.4. The van der Waals surface area contributed by atoms with Crippen molar-refractivity contribution in [1.82, 2.24) is 5.32 Å². The van der Waals surface area contributed by atoms with Crippen molar-refractivity contribution in [3.05, 3.63) is 12.2 Å². The quantitative estimate of drug-likeness (QED) is 0.0199. The summed E-state index contributed by atoms with van der Waals surface area (Å²) < 4.78 is 34.3. The molecular weight excluding hydrogens is 1130 g/mol. The van der Waals surface area contributed by atoms with Crippen LogP contribution in [0.4, 0.5) is 0 Å². The van der Waals surface area contributed by atoms with Gasteiger partial charge in [0.05, 0.1) is 38.6 Å². The number of hydrogen-bond acceptors (Lipinski definition) is 18. The van der Waals surface area contributed by atoms with Crippen molar-refractivity contribution < 1.29 is 89.4 Å². The van der Waals surface area contributed by atoms with Gasteiger partial charge in [-0.2, -0.15) is 0 Å². The summed E-state index contributed by atoms with van der Waals surface area (Å²) >= 11 is 0. The Hall–Kier alpha value is -1.47. The molecule has 3 rings (SSSR count). The van der Waals surface area contributed by atoms with Crippen LogP contribution in [0.5, 0.6) is 0 Å². The molecule has 17 unspecified atom stereocenters. The first-order valence-electron chi connectivity index (χ1n) is 35.9. The van der Waals surface area contributed by atoms with Crippen LogP contribution in [0.3, 0.4) is 0 Å². The van der Waals surface area contributed by atoms with Gasteiger partial charge in [-0.25, -0.2) is 0 Å². The average Bonchev–Trinajstić information content (AvgIpc) is 1.20. The van der Waals surface area contributed by atoms with E-state index in [9.17, 15) is 61.0 Å². The van der Waals surface area contributed by atoms with Crippen LogP contribution < -0.4 is 5.32 Å². The molecule has 0 bridgehead atoms. The fourth-order valence-corrected chi connectivity index (χ4v) is 12.5. The molecule has 88 heavy (non-hydrogen) atoms. The highest BCUT2D eigenvalue weighted by atomic mass is 16.8. The Labute approximate surface area is 531 Å². The number of rotatable bonds is 56. The third-order valence-electron chi connectivity index (χ3n) is 18.3. The molecule has 0 spiro atoms. The summed E-state index contributed by atoms with van der Waals surface area (Å²) in [4.78, 5) is 13.4. The second kappa shape index (κ2) is 51.9. The van der Waals surface area contributed by atoms with E-state index in [4.69, 9.17) is 28.4 Å². The predicted molar refractivity (Wildman–Crippen MR) is 342 cm³/mol. The molecule has 0 saturated carbocycles. The minimum absolute atomic E-state index is 0.250. The molecule has 3 heterocycles. The molecule has 520 valence electrons. The maximum Gasteiger partial charge on any atom is 0.220 e. The highest BCUT2D eigenvalue weighted by molar-refractivity contribution is 5.76. The zero-order valence-electron chi connectivity index (χ0n) is 55.0. The van der Waals surface area contributed by atoms with Gasteiger partial charge in [-0.15, -0.1) is 0 Å². The molecule has 12 N–H and O–H groups in total. The van der Waals surface area contributed by atoms with Crippen LogP contribution in [0.1, 0.15) is 290 Å². The van der Waals surface area contributed by atoms with Crippen molar-refractivity contribution in [3.8, 4) is 0 Å². The van der Waals surface area contributed by atoms with E-state index in [1.165, 1.54) is 218 Å². The summed E-state index contributed by atoms with van der Waals surface area (Å²) in [6.07, 6.45) is 30.8. The molecule has 3 saturated heterocycles. The molecule has 3 fully saturated rings. The Morgan fingerprint density at radius 2 is 0.705 bits per heavy atom. The fourth-order valence-electron chi connectivity index (χ4n) is 12.5. The number of aliphatic hydroxyl groups excluding tert-OH is 11. The first kappa shape index (κ1) is 80.8. The zero-order valence-corrected chi connectivity index (χ0v) is 55.0. The number of nitrogens with one attached hydrogen (secondary N) is 1. The molecule has 1 amide bonds. The van der Waals surface area contributed by atoms with Gasteiger partial charge in [0, 0.05) is 6.42 Å². The SMILES string of the molecule is CCCCCCCCCCCC/C=C/C(O)C(COC1OC(CO)C(OC2OC(CO)C(OC3OC(CO)C(O)C(O)C3O)C(O)C2O)C(O)C1O)NC(=O)CCCCCCCCCCCCCCCCCCCCCCCCCCCCCCCCC. The Kier molecular flexibility index (Phi) is 47.6. The van der Waals surface area contributed by atoms with Crippen LogP contribution in [0.15, 0.2) is 12.2 Å². The molecule has 19 heteroatoms. The number of hydrogen-bond donors (Lipinski definition) is 12. The summed E-state index contributed by atoms with van der Waals surface area (Å²) in [5.41, 5.74) is 0. The fraction of sp³-hybridized carbons (Fsp3) is 0.957. The molecule has 3 aliphatic heterocycles. The largest absolute Gasteiger partial charge is 0.394 e. The molecular formula is C69H131NO18. The summed E-state index contributed by atoms with van der Waals surface area (Å²) in [6, 6.07) is -0.967. The number of carbonyl (C=O) groups excluding carboxylic acids is 1. The molecule has 0 aromatic heterocycles. The van der Waals surface area contributed by atoms with E-state index in [2.05, 4.69) is 19.2 Å². The summed E-state index contributed by atoms with van der Waals surface area (Å²) in [5, 5.41) is 120. The molecule has 19 nitrogen and oxygen atoms in total.